The second kappa shape index (κ2) is 3.54. The standard InChI is InChI=1S/C11H12N2O/c1-2-8-4-3-5-9(12)11(8)10-6-7-14-13-10/h3-7H,2,12H2,1H3. The highest BCUT2D eigenvalue weighted by Gasteiger charge is 2.09. The van der Waals surface area contributed by atoms with Gasteiger partial charge < -0.3 is 10.3 Å². The molecule has 2 rings (SSSR count). The molecule has 0 saturated carbocycles. The van der Waals surface area contributed by atoms with Gasteiger partial charge in [-0.05, 0) is 18.1 Å². The third-order valence-electron chi connectivity index (χ3n) is 2.26. The van der Waals surface area contributed by atoms with Gasteiger partial charge in [0, 0.05) is 17.3 Å². The van der Waals surface area contributed by atoms with E-state index >= 15 is 0 Å². The molecule has 3 heteroatoms. The monoisotopic (exact) mass is 188 g/mol. The summed E-state index contributed by atoms with van der Waals surface area (Å²) >= 11 is 0. The van der Waals surface area contributed by atoms with E-state index in [-0.39, 0.29) is 0 Å². The van der Waals surface area contributed by atoms with Crippen LogP contribution in [0.4, 0.5) is 5.69 Å². The molecule has 0 unspecified atom stereocenters. The summed E-state index contributed by atoms with van der Waals surface area (Å²) in [5.41, 5.74) is 9.64. The third-order valence-corrected chi connectivity index (χ3v) is 2.26. The Kier molecular flexibility index (Phi) is 2.23. The lowest BCUT2D eigenvalue weighted by molar-refractivity contribution is 0.422. The number of anilines is 1. The molecular formula is C11H12N2O. The Morgan fingerprint density at radius 2 is 2.21 bits per heavy atom. The third kappa shape index (κ3) is 1.37. The van der Waals surface area contributed by atoms with Crippen LogP contribution in [-0.2, 0) is 6.42 Å². The van der Waals surface area contributed by atoms with Crippen LogP contribution in [0, 0.1) is 0 Å². The number of aryl methyl sites for hydroxylation is 1. The van der Waals surface area contributed by atoms with Crippen LogP contribution in [0.15, 0.2) is 35.1 Å². The van der Waals surface area contributed by atoms with Gasteiger partial charge in [0.2, 0.25) is 0 Å². The first-order chi connectivity index (χ1) is 6.83. The SMILES string of the molecule is CCc1cccc(N)c1-c1ccon1. The van der Waals surface area contributed by atoms with E-state index in [0.717, 1.165) is 23.4 Å². The summed E-state index contributed by atoms with van der Waals surface area (Å²) in [6.07, 6.45) is 2.49. The molecule has 14 heavy (non-hydrogen) atoms. The molecule has 0 saturated heterocycles. The van der Waals surface area contributed by atoms with Crippen LogP contribution in [0.2, 0.25) is 0 Å². The number of benzene rings is 1. The molecule has 0 aliphatic heterocycles. The molecule has 0 atom stereocenters. The van der Waals surface area contributed by atoms with Crippen molar-refractivity contribution < 1.29 is 4.52 Å². The minimum absolute atomic E-state index is 0.748. The molecule has 0 bridgehead atoms. The lowest BCUT2D eigenvalue weighted by Crippen LogP contribution is -1.94. The largest absolute Gasteiger partial charge is 0.398 e. The molecule has 0 amide bonds. The molecule has 0 spiro atoms. The minimum atomic E-state index is 0.748. The second-order valence-electron chi connectivity index (χ2n) is 3.12. The molecule has 0 aliphatic rings. The smallest absolute Gasteiger partial charge is 0.124 e. The second-order valence-corrected chi connectivity index (χ2v) is 3.12. The molecule has 72 valence electrons. The normalized spacial score (nSPS) is 10.4. The summed E-state index contributed by atoms with van der Waals surface area (Å²) in [7, 11) is 0. The van der Waals surface area contributed by atoms with Gasteiger partial charge in [-0.3, -0.25) is 0 Å². The molecule has 3 nitrogen and oxygen atoms in total. The summed E-state index contributed by atoms with van der Waals surface area (Å²) in [6, 6.07) is 7.71. The van der Waals surface area contributed by atoms with Crippen LogP contribution < -0.4 is 5.73 Å². The summed E-state index contributed by atoms with van der Waals surface area (Å²) in [4.78, 5) is 0. The van der Waals surface area contributed by atoms with Crippen molar-refractivity contribution in [1.82, 2.24) is 5.16 Å². The van der Waals surface area contributed by atoms with E-state index in [1.54, 1.807) is 6.26 Å². The van der Waals surface area contributed by atoms with Gasteiger partial charge in [0.15, 0.2) is 0 Å². The first kappa shape index (κ1) is 8.81. The van der Waals surface area contributed by atoms with E-state index < -0.39 is 0 Å². The highest BCUT2D eigenvalue weighted by Crippen LogP contribution is 2.28. The average Bonchev–Trinajstić information content (AvgIpc) is 2.70. The summed E-state index contributed by atoms with van der Waals surface area (Å²) in [5.74, 6) is 0. The summed E-state index contributed by atoms with van der Waals surface area (Å²) < 4.78 is 4.82. The molecule has 0 aliphatic carbocycles. The van der Waals surface area contributed by atoms with Crippen molar-refractivity contribution in [3.63, 3.8) is 0 Å². The van der Waals surface area contributed by atoms with Crippen LogP contribution >= 0.6 is 0 Å². The topological polar surface area (TPSA) is 52.0 Å². The van der Waals surface area contributed by atoms with Crippen LogP contribution in [0.5, 0.6) is 0 Å². The van der Waals surface area contributed by atoms with Crippen LogP contribution in [0.25, 0.3) is 11.3 Å². The molecule has 1 aromatic carbocycles. The maximum Gasteiger partial charge on any atom is 0.124 e. The van der Waals surface area contributed by atoms with E-state index in [9.17, 15) is 0 Å². The van der Waals surface area contributed by atoms with Crippen molar-refractivity contribution in [2.75, 3.05) is 5.73 Å². The Balaban J connectivity index is 2.61. The number of hydrogen-bond acceptors (Lipinski definition) is 3. The Bertz CT molecular complexity index is 421. The number of hydrogen-bond donors (Lipinski definition) is 1. The molecule has 2 N–H and O–H groups in total. The first-order valence-corrected chi connectivity index (χ1v) is 4.61. The van der Waals surface area contributed by atoms with E-state index in [1.807, 2.05) is 18.2 Å². The van der Waals surface area contributed by atoms with Crippen molar-refractivity contribution in [3.8, 4) is 11.3 Å². The fraction of sp³-hybridized carbons (Fsp3) is 0.182. The van der Waals surface area contributed by atoms with Gasteiger partial charge in [0.1, 0.15) is 12.0 Å². The van der Waals surface area contributed by atoms with Gasteiger partial charge in [-0.25, -0.2) is 0 Å². The fourth-order valence-corrected chi connectivity index (χ4v) is 1.57. The summed E-state index contributed by atoms with van der Waals surface area (Å²) in [5, 5.41) is 3.90. The Morgan fingerprint density at radius 3 is 2.86 bits per heavy atom. The number of nitrogens with two attached hydrogens (primary N) is 1. The van der Waals surface area contributed by atoms with Crippen molar-refractivity contribution >= 4 is 5.69 Å². The number of nitrogens with zero attached hydrogens (tertiary/aromatic N) is 1. The Labute approximate surface area is 82.5 Å². The zero-order valence-corrected chi connectivity index (χ0v) is 8.03. The Morgan fingerprint density at radius 1 is 1.36 bits per heavy atom. The van der Waals surface area contributed by atoms with Gasteiger partial charge in [0.25, 0.3) is 0 Å². The molecule has 1 heterocycles. The molecule has 2 aromatic rings. The van der Waals surface area contributed by atoms with Gasteiger partial charge in [-0.1, -0.05) is 24.2 Å². The minimum Gasteiger partial charge on any atom is -0.398 e. The lowest BCUT2D eigenvalue weighted by Gasteiger charge is -2.07. The number of nitrogen functional groups attached to an aromatic ring is 1. The predicted octanol–water partition coefficient (Wildman–Crippen LogP) is 2.49. The van der Waals surface area contributed by atoms with E-state index in [1.165, 1.54) is 5.56 Å². The molecule has 0 fully saturated rings. The number of rotatable bonds is 2. The van der Waals surface area contributed by atoms with Gasteiger partial charge >= 0.3 is 0 Å². The van der Waals surface area contributed by atoms with Gasteiger partial charge in [-0.2, -0.15) is 0 Å². The molecule has 0 radical (unpaired) electrons. The van der Waals surface area contributed by atoms with Gasteiger partial charge in [-0.15, -0.1) is 0 Å². The van der Waals surface area contributed by atoms with Crippen molar-refractivity contribution in [2.45, 2.75) is 13.3 Å². The van der Waals surface area contributed by atoms with Crippen molar-refractivity contribution in [1.29, 1.82) is 0 Å². The molecule has 1 aromatic heterocycles. The fourth-order valence-electron chi connectivity index (χ4n) is 1.57. The zero-order valence-electron chi connectivity index (χ0n) is 8.03. The van der Waals surface area contributed by atoms with E-state index in [4.69, 9.17) is 10.3 Å². The lowest BCUT2D eigenvalue weighted by atomic mass is 10.0. The van der Waals surface area contributed by atoms with Crippen LogP contribution in [0.3, 0.4) is 0 Å². The maximum absolute atomic E-state index is 5.91. The van der Waals surface area contributed by atoms with Crippen molar-refractivity contribution in [2.24, 2.45) is 0 Å². The predicted molar refractivity (Wildman–Crippen MR) is 55.7 cm³/mol. The quantitative estimate of drug-likeness (QED) is 0.736. The first-order valence-electron chi connectivity index (χ1n) is 4.61. The number of aromatic nitrogens is 1. The van der Waals surface area contributed by atoms with Crippen LogP contribution in [0.1, 0.15) is 12.5 Å². The van der Waals surface area contributed by atoms with E-state index in [0.29, 0.717) is 0 Å². The highest BCUT2D eigenvalue weighted by atomic mass is 16.5. The van der Waals surface area contributed by atoms with Crippen molar-refractivity contribution in [3.05, 3.63) is 36.1 Å². The van der Waals surface area contributed by atoms with E-state index in [2.05, 4.69) is 18.1 Å². The average molecular weight is 188 g/mol. The maximum atomic E-state index is 5.91. The highest BCUT2D eigenvalue weighted by molar-refractivity contribution is 5.76. The Hall–Kier alpha value is -1.77. The summed E-state index contributed by atoms with van der Waals surface area (Å²) in [6.45, 7) is 2.10. The van der Waals surface area contributed by atoms with Crippen LogP contribution in [-0.4, -0.2) is 5.16 Å². The zero-order chi connectivity index (χ0) is 9.97. The molecular weight excluding hydrogens is 176 g/mol. The van der Waals surface area contributed by atoms with Gasteiger partial charge in [0.05, 0.1) is 0 Å².